The van der Waals surface area contributed by atoms with E-state index in [1.807, 2.05) is 24.3 Å². The van der Waals surface area contributed by atoms with Crippen LogP contribution >= 0.6 is 0 Å². The molecule has 1 rings (SSSR count). The van der Waals surface area contributed by atoms with E-state index in [2.05, 4.69) is 31.2 Å². The van der Waals surface area contributed by atoms with Crippen LogP contribution in [0.5, 0.6) is 0 Å². The lowest BCUT2D eigenvalue weighted by Gasteiger charge is -1.98. The minimum atomic E-state index is -0.803. The highest BCUT2D eigenvalue weighted by molar-refractivity contribution is 5.66. The van der Waals surface area contributed by atoms with Crippen molar-refractivity contribution in [2.75, 3.05) is 0 Å². The number of rotatable bonds is 14. The van der Waals surface area contributed by atoms with Crippen molar-refractivity contribution in [3.05, 3.63) is 60.8 Å². The first-order chi connectivity index (χ1) is 12.6. The van der Waals surface area contributed by atoms with Crippen LogP contribution in [0.4, 0.5) is 0 Å². The van der Waals surface area contributed by atoms with Gasteiger partial charge in [-0.05, 0) is 38.5 Å². The molecule has 1 aliphatic rings. The number of carbonyl (C=O) groups is 1. The normalized spacial score (nSPS) is 21.8. The Hall–Kier alpha value is -1.91. The molecule has 4 nitrogen and oxygen atoms in total. The summed E-state index contributed by atoms with van der Waals surface area (Å²) in [4.78, 5) is 10.3. The van der Waals surface area contributed by atoms with Crippen LogP contribution in [-0.2, 0) is 9.53 Å². The molecule has 0 aromatic heterocycles. The van der Waals surface area contributed by atoms with Gasteiger partial charge in [0.15, 0.2) is 0 Å². The molecule has 1 saturated heterocycles. The van der Waals surface area contributed by atoms with Gasteiger partial charge in [0.1, 0.15) is 0 Å². The number of carboxylic acid groups (broad SMARTS) is 1. The molecule has 0 aliphatic carbocycles. The van der Waals surface area contributed by atoms with Gasteiger partial charge in [0, 0.05) is 6.42 Å². The smallest absolute Gasteiger partial charge is 0.303 e. The van der Waals surface area contributed by atoms with E-state index in [0.717, 1.165) is 25.7 Å². The second kappa shape index (κ2) is 14.3. The number of hydrogen-bond acceptors (Lipinski definition) is 3. The molecule has 1 aliphatic heterocycles. The third kappa shape index (κ3) is 12.5. The average molecular weight is 360 g/mol. The molecule has 0 saturated carbocycles. The van der Waals surface area contributed by atoms with E-state index in [1.54, 1.807) is 12.2 Å². The fourth-order valence-corrected chi connectivity index (χ4v) is 2.41. The number of allylic oxidation sites excluding steroid dienone is 7. The van der Waals surface area contributed by atoms with E-state index in [-0.39, 0.29) is 6.42 Å². The maximum Gasteiger partial charge on any atom is 0.303 e. The van der Waals surface area contributed by atoms with Crippen LogP contribution in [0.2, 0.25) is 0 Å². The first-order valence-corrected chi connectivity index (χ1v) is 9.47. The molecule has 1 fully saturated rings. The van der Waals surface area contributed by atoms with Crippen molar-refractivity contribution in [1.82, 2.24) is 0 Å². The highest BCUT2D eigenvalue weighted by Crippen LogP contribution is 2.28. The van der Waals surface area contributed by atoms with Gasteiger partial charge in [-0.15, -0.1) is 0 Å². The van der Waals surface area contributed by atoms with E-state index in [9.17, 15) is 9.90 Å². The minimum Gasteiger partial charge on any atom is -0.481 e. The molecule has 2 N–H and O–H groups in total. The van der Waals surface area contributed by atoms with Crippen molar-refractivity contribution >= 4 is 5.97 Å². The summed E-state index contributed by atoms with van der Waals surface area (Å²) in [6.45, 7) is 2.16. The molecule has 0 amide bonds. The zero-order chi connectivity index (χ0) is 19.0. The van der Waals surface area contributed by atoms with Gasteiger partial charge in [-0.1, -0.05) is 67.7 Å². The number of carboxylic acids is 1. The predicted octanol–water partition coefficient (Wildman–Crippen LogP) is 4.73. The largest absolute Gasteiger partial charge is 0.481 e. The molecule has 0 radical (unpaired) electrons. The first-order valence-electron chi connectivity index (χ1n) is 9.47. The molecule has 0 aromatic rings. The Bertz CT molecular complexity index is 528. The molecule has 0 aromatic carbocycles. The van der Waals surface area contributed by atoms with E-state index < -0.39 is 12.1 Å². The third-order valence-electron chi connectivity index (χ3n) is 3.99. The Morgan fingerprint density at radius 1 is 1.00 bits per heavy atom. The topological polar surface area (TPSA) is 70.1 Å². The second-order valence-corrected chi connectivity index (χ2v) is 6.29. The van der Waals surface area contributed by atoms with Gasteiger partial charge in [-0.2, -0.15) is 0 Å². The highest BCUT2D eigenvalue weighted by atomic mass is 16.6. The van der Waals surface area contributed by atoms with Crippen molar-refractivity contribution in [2.24, 2.45) is 0 Å². The quantitative estimate of drug-likeness (QED) is 0.267. The molecular formula is C22H32O4. The van der Waals surface area contributed by atoms with Crippen LogP contribution in [0.25, 0.3) is 0 Å². The maximum atomic E-state index is 10.3. The lowest BCUT2D eigenvalue weighted by Crippen LogP contribution is -1.99. The van der Waals surface area contributed by atoms with Crippen LogP contribution in [0.15, 0.2) is 60.8 Å². The Balaban J connectivity index is 2.00. The minimum absolute atomic E-state index is 0.128. The Kier molecular flexibility index (Phi) is 12.2. The van der Waals surface area contributed by atoms with Crippen molar-refractivity contribution in [2.45, 2.75) is 70.2 Å². The summed E-state index contributed by atoms with van der Waals surface area (Å²) in [6.07, 6.45) is 25.2. The van der Waals surface area contributed by atoms with Crippen molar-refractivity contribution in [3.63, 3.8) is 0 Å². The van der Waals surface area contributed by atoms with Gasteiger partial charge in [0.05, 0.1) is 18.3 Å². The third-order valence-corrected chi connectivity index (χ3v) is 3.99. The molecule has 0 spiro atoms. The van der Waals surface area contributed by atoms with Gasteiger partial charge < -0.3 is 14.9 Å². The Morgan fingerprint density at radius 2 is 1.73 bits per heavy atom. The number of aliphatic carboxylic acids is 1. The lowest BCUT2D eigenvalue weighted by atomic mass is 10.2. The van der Waals surface area contributed by atoms with E-state index in [0.29, 0.717) is 25.0 Å². The van der Waals surface area contributed by atoms with E-state index in [1.165, 1.54) is 0 Å². The zero-order valence-electron chi connectivity index (χ0n) is 15.7. The summed E-state index contributed by atoms with van der Waals surface area (Å²) in [5.41, 5.74) is 0. The summed E-state index contributed by atoms with van der Waals surface area (Å²) < 4.78 is 5.48. The van der Waals surface area contributed by atoms with Crippen LogP contribution in [0.3, 0.4) is 0 Å². The summed E-state index contributed by atoms with van der Waals surface area (Å²) >= 11 is 0. The van der Waals surface area contributed by atoms with Crippen LogP contribution in [0, 0.1) is 0 Å². The molecule has 3 atom stereocenters. The number of aliphatic hydroxyl groups is 1. The Labute approximate surface area is 157 Å². The van der Waals surface area contributed by atoms with E-state index in [4.69, 9.17) is 9.84 Å². The molecule has 0 bridgehead atoms. The van der Waals surface area contributed by atoms with Crippen molar-refractivity contribution < 1.29 is 19.7 Å². The monoisotopic (exact) mass is 360 g/mol. The fourth-order valence-electron chi connectivity index (χ4n) is 2.41. The average Bonchev–Trinajstić information content (AvgIpc) is 3.37. The van der Waals surface area contributed by atoms with E-state index >= 15 is 0 Å². The van der Waals surface area contributed by atoms with Gasteiger partial charge in [0.25, 0.3) is 0 Å². The SMILES string of the molecule is CCC1OC1CC=CCC=CCC=CC=CC(O)CC=CCCC(=O)O. The van der Waals surface area contributed by atoms with Gasteiger partial charge in [0.2, 0.25) is 0 Å². The Morgan fingerprint density at radius 3 is 2.42 bits per heavy atom. The van der Waals surface area contributed by atoms with Crippen molar-refractivity contribution in [1.29, 1.82) is 0 Å². The molecule has 144 valence electrons. The van der Waals surface area contributed by atoms with Gasteiger partial charge in [-0.3, -0.25) is 4.79 Å². The van der Waals surface area contributed by atoms with Gasteiger partial charge in [-0.25, -0.2) is 0 Å². The second-order valence-electron chi connectivity index (χ2n) is 6.29. The number of hydrogen-bond donors (Lipinski definition) is 2. The first kappa shape index (κ1) is 22.1. The van der Waals surface area contributed by atoms with Gasteiger partial charge >= 0.3 is 5.97 Å². The predicted molar refractivity (Wildman–Crippen MR) is 106 cm³/mol. The molecule has 3 unspecified atom stereocenters. The summed E-state index contributed by atoms with van der Waals surface area (Å²) in [5, 5.41) is 18.2. The molecular weight excluding hydrogens is 328 g/mol. The standard InChI is InChI=1S/C22H32O4/c1-2-20-21(26-20)17-13-9-7-5-3-4-6-8-11-15-19(23)16-12-10-14-18-22(24)25/h3,5-6,8-13,15,19-21,23H,2,4,7,14,16-18H2,1H3,(H,24,25). The van der Waals surface area contributed by atoms with Crippen LogP contribution in [0.1, 0.15) is 51.9 Å². The molecule has 26 heavy (non-hydrogen) atoms. The maximum absolute atomic E-state index is 10.3. The summed E-state index contributed by atoms with van der Waals surface area (Å²) in [7, 11) is 0. The lowest BCUT2D eigenvalue weighted by molar-refractivity contribution is -0.136. The summed E-state index contributed by atoms with van der Waals surface area (Å²) in [6, 6.07) is 0. The van der Waals surface area contributed by atoms with Crippen LogP contribution < -0.4 is 0 Å². The highest BCUT2D eigenvalue weighted by Gasteiger charge is 2.35. The molecule has 4 heteroatoms. The number of ether oxygens (including phenoxy) is 1. The molecule has 1 heterocycles. The zero-order valence-corrected chi connectivity index (χ0v) is 15.7. The van der Waals surface area contributed by atoms with Crippen molar-refractivity contribution in [3.8, 4) is 0 Å². The fraction of sp³-hybridized carbons (Fsp3) is 0.500. The van der Waals surface area contributed by atoms with Crippen LogP contribution in [-0.4, -0.2) is 34.5 Å². The summed E-state index contributed by atoms with van der Waals surface area (Å²) in [5.74, 6) is -0.803. The number of epoxide rings is 1. The number of aliphatic hydroxyl groups excluding tert-OH is 1.